The lowest BCUT2D eigenvalue weighted by molar-refractivity contribution is -0.124. The Morgan fingerprint density at radius 1 is 1.06 bits per heavy atom. The van der Waals surface area contributed by atoms with E-state index in [4.69, 9.17) is 9.84 Å². The van der Waals surface area contributed by atoms with Gasteiger partial charge in [0.05, 0.1) is 18.7 Å². The van der Waals surface area contributed by atoms with Crippen LogP contribution in [-0.2, 0) is 16.1 Å². The summed E-state index contributed by atoms with van der Waals surface area (Å²) in [5.41, 5.74) is 4.58. The zero-order valence-electron chi connectivity index (χ0n) is 17.9. The van der Waals surface area contributed by atoms with Crippen LogP contribution in [0.25, 0.3) is 11.1 Å². The molecule has 1 aliphatic carbocycles. The van der Waals surface area contributed by atoms with Crippen LogP contribution in [0.1, 0.15) is 38.6 Å². The number of alkyl carbamates (subject to hydrolysis) is 1. The standard InChI is InChI=1S/C24H23N3O5S/c1-14(22(28)26-12-21-25-11-20(33-21)23(29)30)10-27-24(31)32-13-19-17-8-4-2-6-15(17)16-7-3-5-9-18(16)19/h2-9,11,14,19H,10,12-13H2,1H3,(H,26,28)(H,27,31)(H,29,30). The summed E-state index contributed by atoms with van der Waals surface area (Å²) in [5.74, 6) is -1.85. The Labute approximate surface area is 194 Å². The molecule has 8 nitrogen and oxygen atoms in total. The van der Waals surface area contributed by atoms with E-state index in [-0.39, 0.29) is 36.4 Å². The first-order valence-corrected chi connectivity index (χ1v) is 11.3. The number of hydrogen-bond donors (Lipinski definition) is 3. The van der Waals surface area contributed by atoms with Gasteiger partial charge in [-0.2, -0.15) is 0 Å². The number of carboxylic acids is 1. The number of rotatable bonds is 8. The first-order chi connectivity index (χ1) is 15.9. The Morgan fingerprint density at radius 3 is 2.30 bits per heavy atom. The zero-order chi connectivity index (χ0) is 23.4. The van der Waals surface area contributed by atoms with E-state index in [9.17, 15) is 14.4 Å². The van der Waals surface area contributed by atoms with Crippen LogP contribution < -0.4 is 10.6 Å². The number of ether oxygens (including phenoxy) is 1. The Balaban J connectivity index is 1.25. The number of benzene rings is 2. The van der Waals surface area contributed by atoms with Gasteiger partial charge in [0.15, 0.2) is 0 Å². The molecule has 1 aromatic heterocycles. The molecule has 170 valence electrons. The highest BCUT2D eigenvalue weighted by Gasteiger charge is 2.29. The van der Waals surface area contributed by atoms with Gasteiger partial charge >= 0.3 is 12.1 Å². The molecule has 9 heteroatoms. The number of nitrogens with zero attached hydrogens (tertiary/aromatic N) is 1. The van der Waals surface area contributed by atoms with Crippen molar-refractivity contribution in [1.82, 2.24) is 15.6 Å². The van der Waals surface area contributed by atoms with Crippen LogP contribution in [0.5, 0.6) is 0 Å². The van der Waals surface area contributed by atoms with E-state index in [1.165, 1.54) is 6.20 Å². The molecule has 3 aromatic rings. The minimum Gasteiger partial charge on any atom is -0.477 e. The molecule has 0 saturated heterocycles. The van der Waals surface area contributed by atoms with Gasteiger partial charge in [0, 0.05) is 12.5 Å². The maximum Gasteiger partial charge on any atom is 0.407 e. The fourth-order valence-electron chi connectivity index (χ4n) is 3.81. The molecule has 0 radical (unpaired) electrons. The topological polar surface area (TPSA) is 118 Å². The third kappa shape index (κ3) is 5.04. The molecular weight excluding hydrogens is 442 g/mol. The Morgan fingerprint density at radius 2 is 1.70 bits per heavy atom. The van der Waals surface area contributed by atoms with Gasteiger partial charge in [-0.25, -0.2) is 14.6 Å². The van der Waals surface area contributed by atoms with Gasteiger partial charge in [0.2, 0.25) is 5.91 Å². The number of aromatic nitrogens is 1. The second-order valence-corrected chi connectivity index (χ2v) is 8.86. The normalized spacial score (nSPS) is 13.0. The Kier molecular flexibility index (Phi) is 6.69. The van der Waals surface area contributed by atoms with Crippen molar-refractivity contribution < 1.29 is 24.2 Å². The van der Waals surface area contributed by atoms with E-state index < -0.39 is 18.0 Å². The summed E-state index contributed by atoms with van der Waals surface area (Å²) in [5, 5.41) is 14.8. The lowest BCUT2D eigenvalue weighted by Crippen LogP contribution is -2.37. The highest BCUT2D eigenvalue weighted by molar-refractivity contribution is 7.13. The molecule has 0 saturated carbocycles. The highest BCUT2D eigenvalue weighted by Crippen LogP contribution is 2.44. The van der Waals surface area contributed by atoms with Gasteiger partial charge in [-0.05, 0) is 22.3 Å². The smallest absolute Gasteiger partial charge is 0.407 e. The number of carbonyl (C=O) groups is 3. The van der Waals surface area contributed by atoms with Crippen LogP contribution in [0.4, 0.5) is 4.79 Å². The van der Waals surface area contributed by atoms with Crippen molar-refractivity contribution in [2.24, 2.45) is 5.92 Å². The van der Waals surface area contributed by atoms with Gasteiger partial charge in [-0.3, -0.25) is 4.79 Å². The predicted octanol–water partition coefficient (Wildman–Crippen LogP) is 3.63. The number of amides is 2. The summed E-state index contributed by atoms with van der Waals surface area (Å²) in [6, 6.07) is 16.2. The predicted molar refractivity (Wildman–Crippen MR) is 123 cm³/mol. The van der Waals surface area contributed by atoms with Crippen molar-refractivity contribution in [3.63, 3.8) is 0 Å². The van der Waals surface area contributed by atoms with Crippen LogP contribution in [-0.4, -0.2) is 41.2 Å². The average molecular weight is 466 g/mol. The molecule has 0 spiro atoms. The SMILES string of the molecule is CC(CNC(=O)OCC1c2ccccc2-c2ccccc21)C(=O)NCc1ncc(C(=O)O)s1. The van der Waals surface area contributed by atoms with Crippen molar-refractivity contribution in [3.05, 3.63) is 75.7 Å². The van der Waals surface area contributed by atoms with E-state index in [2.05, 4.69) is 39.9 Å². The van der Waals surface area contributed by atoms with Gasteiger partial charge < -0.3 is 20.5 Å². The van der Waals surface area contributed by atoms with E-state index in [0.717, 1.165) is 33.6 Å². The zero-order valence-corrected chi connectivity index (χ0v) is 18.7. The molecule has 1 atom stereocenters. The summed E-state index contributed by atoms with van der Waals surface area (Å²) in [6.07, 6.45) is 0.680. The van der Waals surface area contributed by atoms with Gasteiger partial charge in [-0.15, -0.1) is 11.3 Å². The Hall–Kier alpha value is -3.72. The molecule has 1 aliphatic rings. The van der Waals surface area contributed by atoms with Crippen molar-refractivity contribution in [3.8, 4) is 11.1 Å². The maximum absolute atomic E-state index is 12.3. The van der Waals surface area contributed by atoms with Crippen LogP contribution in [0.3, 0.4) is 0 Å². The summed E-state index contributed by atoms with van der Waals surface area (Å²) in [6.45, 7) is 2.13. The molecule has 33 heavy (non-hydrogen) atoms. The third-order valence-electron chi connectivity index (χ3n) is 5.52. The number of nitrogens with one attached hydrogen (secondary N) is 2. The van der Waals surface area contributed by atoms with Crippen LogP contribution in [0, 0.1) is 5.92 Å². The van der Waals surface area contributed by atoms with E-state index in [1.54, 1.807) is 6.92 Å². The highest BCUT2D eigenvalue weighted by atomic mass is 32.1. The van der Waals surface area contributed by atoms with Gasteiger partial charge in [-0.1, -0.05) is 55.5 Å². The minimum absolute atomic E-state index is 0.0298. The number of thiazole rings is 1. The number of carbonyl (C=O) groups excluding carboxylic acids is 2. The molecule has 1 unspecified atom stereocenters. The average Bonchev–Trinajstić information content (AvgIpc) is 3.43. The van der Waals surface area contributed by atoms with E-state index >= 15 is 0 Å². The van der Waals surface area contributed by atoms with Crippen molar-refractivity contribution in [2.45, 2.75) is 19.4 Å². The first kappa shape index (κ1) is 22.5. The number of hydrogen-bond acceptors (Lipinski definition) is 6. The fourth-order valence-corrected chi connectivity index (χ4v) is 4.50. The van der Waals surface area contributed by atoms with E-state index in [0.29, 0.717) is 5.01 Å². The van der Waals surface area contributed by atoms with Crippen LogP contribution in [0.15, 0.2) is 54.7 Å². The molecule has 2 amide bonds. The fraction of sp³-hybridized carbons (Fsp3) is 0.250. The van der Waals surface area contributed by atoms with Crippen molar-refractivity contribution >= 4 is 29.3 Å². The summed E-state index contributed by atoms with van der Waals surface area (Å²) in [7, 11) is 0. The molecule has 0 bridgehead atoms. The molecular formula is C24H23N3O5S. The monoisotopic (exact) mass is 465 g/mol. The lowest BCUT2D eigenvalue weighted by atomic mass is 9.98. The summed E-state index contributed by atoms with van der Waals surface area (Å²) < 4.78 is 5.48. The van der Waals surface area contributed by atoms with Crippen LogP contribution in [0.2, 0.25) is 0 Å². The summed E-state index contributed by atoms with van der Waals surface area (Å²) in [4.78, 5) is 39.5. The number of carboxylic acid groups (broad SMARTS) is 1. The first-order valence-electron chi connectivity index (χ1n) is 10.5. The van der Waals surface area contributed by atoms with Gasteiger partial charge in [0.1, 0.15) is 16.5 Å². The molecule has 2 aromatic carbocycles. The largest absolute Gasteiger partial charge is 0.477 e. The van der Waals surface area contributed by atoms with Gasteiger partial charge in [0.25, 0.3) is 0 Å². The molecule has 0 fully saturated rings. The second kappa shape index (κ2) is 9.83. The Bertz CT molecular complexity index is 1150. The molecule has 1 heterocycles. The van der Waals surface area contributed by atoms with E-state index in [1.807, 2.05) is 24.3 Å². The lowest BCUT2D eigenvalue weighted by Gasteiger charge is -2.16. The number of aromatic carboxylic acids is 1. The maximum atomic E-state index is 12.3. The van der Waals surface area contributed by atoms with Crippen molar-refractivity contribution in [2.75, 3.05) is 13.2 Å². The van der Waals surface area contributed by atoms with Crippen LogP contribution >= 0.6 is 11.3 Å². The third-order valence-corrected chi connectivity index (χ3v) is 6.51. The summed E-state index contributed by atoms with van der Waals surface area (Å²) >= 11 is 1.01. The molecule has 4 rings (SSSR count). The quantitative estimate of drug-likeness (QED) is 0.468. The minimum atomic E-state index is -1.05. The second-order valence-electron chi connectivity index (χ2n) is 7.75. The van der Waals surface area contributed by atoms with Crippen molar-refractivity contribution in [1.29, 1.82) is 0 Å². The molecule has 3 N–H and O–H groups in total. The molecule has 0 aliphatic heterocycles. The number of fused-ring (bicyclic) bond motifs is 3.